The molecule has 0 aliphatic heterocycles. The predicted molar refractivity (Wildman–Crippen MR) is 66.8 cm³/mol. The van der Waals surface area contributed by atoms with Crippen molar-refractivity contribution in [1.29, 1.82) is 0 Å². The van der Waals surface area contributed by atoms with Crippen molar-refractivity contribution in [2.75, 3.05) is 12.4 Å². The van der Waals surface area contributed by atoms with Crippen LogP contribution in [-0.4, -0.2) is 33.7 Å². The summed E-state index contributed by atoms with van der Waals surface area (Å²) in [7, 11) is 1.82. The van der Waals surface area contributed by atoms with Gasteiger partial charge in [0.05, 0.1) is 11.2 Å². The second kappa shape index (κ2) is 4.61. The Kier molecular flexibility index (Phi) is 3.89. The quantitative estimate of drug-likeness (QED) is 0.802. The third-order valence-electron chi connectivity index (χ3n) is 2.48. The minimum absolute atomic E-state index is 0.0412. The fraction of sp³-hybridized carbons (Fsp3) is 0.600. The van der Waals surface area contributed by atoms with E-state index in [2.05, 4.69) is 20.9 Å². The zero-order valence-electron chi connectivity index (χ0n) is 9.37. The summed E-state index contributed by atoms with van der Waals surface area (Å²) in [5, 5.41) is 0.750. The van der Waals surface area contributed by atoms with Crippen molar-refractivity contribution in [3.63, 3.8) is 0 Å². The summed E-state index contributed by atoms with van der Waals surface area (Å²) in [4.78, 5) is 18.7. The van der Waals surface area contributed by atoms with Gasteiger partial charge in [-0.15, -0.1) is 11.3 Å². The van der Waals surface area contributed by atoms with Crippen molar-refractivity contribution in [3.8, 4) is 0 Å². The van der Waals surface area contributed by atoms with E-state index in [1.165, 1.54) is 11.3 Å². The number of halogens is 1. The minimum Gasteiger partial charge on any atom is -0.335 e. The van der Waals surface area contributed by atoms with E-state index in [1.807, 2.05) is 27.8 Å². The maximum atomic E-state index is 12.1. The van der Waals surface area contributed by atoms with Gasteiger partial charge in [0.15, 0.2) is 0 Å². The smallest absolute Gasteiger partial charge is 0.266 e. The molecule has 1 aromatic heterocycles. The van der Waals surface area contributed by atoms with E-state index in [0.717, 1.165) is 15.9 Å². The molecule has 0 saturated carbocycles. The molecule has 0 aliphatic rings. The largest absolute Gasteiger partial charge is 0.335 e. The fourth-order valence-corrected chi connectivity index (χ4v) is 2.18. The number of hydrogen-bond acceptors (Lipinski definition) is 3. The fourth-order valence-electron chi connectivity index (χ4n) is 1.02. The van der Waals surface area contributed by atoms with Crippen LogP contribution >= 0.6 is 27.3 Å². The van der Waals surface area contributed by atoms with Crippen LogP contribution in [0.3, 0.4) is 0 Å². The van der Waals surface area contributed by atoms with Crippen molar-refractivity contribution in [1.82, 2.24) is 9.88 Å². The van der Waals surface area contributed by atoms with E-state index in [1.54, 1.807) is 10.4 Å². The lowest BCUT2D eigenvalue weighted by Crippen LogP contribution is -2.46. The maximum Gasteiger partial charge on any atom is 0.266 e. The molecule has 1 heterocycles. The van der Waals surface area contributed by atoms with Crippen molar-refractivity contribution < 1.29 is 4.79 Å². The van der Waals surface area contributed by atoms with Crippen LogP contribution in [0.25, 0.3) is 0 Å². The molecule has 0 spiro atoms. The Morgan fingerprint density at radius 3 is 2.67 bits per heavy atom. The van der Waals surface area contributed by atoms with Gasteiger partial charge in [0.2, 0.25) is 0 Å². The topological polar surface area (TPSA) is 33.2 Å². The van der Waals surface area contributed by atoms with Gasteiger partial charge in [-0.05, 0) is 20.8 Å². The zero-order chi connectivity index (χ0) is 11.6. The van der Waals surface area contributed by atoms with E-state index in [0.29, 0.717) is 0 Å². The number of carbonyl (C=O) groups is 1. The third kappa shape index (κ3) is 2.58. The third-order valence-corrected chi connectivity index (χ3v) is 4.77. The van der Waals surface area contributed by atoms with Crippen LogP contribution in [0.5, 0.6) is 0 Å². The Morgan fingerprint density at radius 1 is 1.67 bits per heavy atom. The maximum absolute atomic E-state index is 12.1. The predicted octanol–water partition coefficient (Wildman–Crippen LogP) is 2.70. The molecule has 1 amide bonds. The molecular weight excluding hydrogens is 276 g/mol. The molecule has 0 atom stereocenters. The van der Waals surface area contributed by atoms with Crippen LogP contribution < -0.4 is 0 Å². The molecule has 5 heteroatoms. The SMILES string of the molecule is Cc1ncsc1C(=O)N(C)C(C)(C)CBr. The van der Waals surface area contributed by atoms with E-state index < -0.39 is 0 Å². The average molecular weight is 291 g/mol. The molecule has 1 aromatic rings. The highest BCUT2D eigenvalue weighted by Crippen LogP contribution is 2.21. The lowest BCUT2D eigenvalue weighted by Gasteiger charge is -2.33. The molecular formula is C10H15BrN2OS. The van der Waals surface area contributed by atoms with E-state index >= 15 is 0 Å². The molecule has 15 heavy (non-hydrogen) atoms. The molecule has 0 aliphatic carbocycles. The summed E-state index contributed by atoms with van der Waals surface area (Å²) in [6, 6.07) is 0. The summed E-state index contributed by atoms with van der Waals surface area (Å²) < 4.78 is 0. The Bertz CT molecular complexity index is 362. The molecule has 3 nitrogen and oxygen atoms in total. The molecule has 0 radical (unpaired) electrons. The number of thiazole rings is 1. The number of alkyl halides is 1. The Labute approximate surface area is 103 Å². The summed E-state index contributed by atoms with van der Waals surface area (Å²) in [5.41, 5.74) is 2.33. The Morgan fingerprint density at radius 2 is 2.27 bits per heavy atom. The second-order valence-electron chi connectivity index (χ2n) is 4.08. The first-order chi connectivity index (χ1) is 6.90. The van der Waals surface area contributed by atoms with Crippen molar-refractivity contribution in [2.45, 2.75) is 26.3 Å². The van der Waals surface area contributed by atoms with Gasteiger partial charge in [-0.3, -0.25) is 4.79 Å². The molecule has 1 rings (SSSR count). The monoisotopic (exact) mass is 290 g/mol. The van der Waals surface area contributed by atoms with Gasteiger partial charge in [-0.25, -0.2) is 4.98 Å². The molecule has 0 N–H and O–H groups in total. The molecule has 84 valence electrons. The summed E-state index contributed by atoms with van der Waals surface area (Å²) in [6.07, 6.45) is 0. The first kappa shape index (κ1) is 12.6. The normalized spacial score (nSPS) is 11.5. The van der Waals surface area contributed by atoms with Crippen LogP contribution in [-0.2, 0) is 0 Å². The van der Waals surface area contributed by atoms with Gasteiger partial charge in [0, 0.05) is 17.9 Å². The number of rotatable bonds is 3. The lowest BCUT2D eigenvalue weighted by molar-refractivity contribution is 0.0667. The summed E-state index contributed by atoms with van der Waals surface area (Å²) in [6.45, 7) is 5.91. The first-order valence-corrected chi connectivity index (χ1v) is 6.64. The van der Waals surface area contributed by atoms with Crippen LogP contribution in [0.2, 0.25) is 0 Å². The van der Waals surface area contributed by atoms with Crippen LogP contribution in [0.4, 0.5) is 0 Å². The standard InChI is InChI=1S/C10H15BrN2OS/c1-7-8(15-6-12-7)9(14)13(4)10(2,3)5-11/h6H,5H2,1-4H3. The van der Waals surface area contributed by atoms with Gasteiger partial charge in [-0.2, -0.15) is 0 Å². The van der Waals surface area contributed by atoms with Gasteiger partial charge in [0.25, 0.3) is 5.91 Å². The zero-order valence-corrected chi connectivity index (χ0v) is 11.8. The number of carbonyl (C=O) groups excluding carboxylic acids is 1. The summed E-state index contributed by atoms with van der Waals surface area (Å²) >= 11 is 4.81. The molecule has 0 fully saturated rings. The van der Waals surface area contributed by atoms with Gasteiger partial charge in [-0.1, -0.05) is 15.9 Å². The number of hydrogen-bond donors (Lipinski definition) is 0. The first-order valence-electron chi connectivity index (χ1n) is 4.64. The van der Waals surface area contributed by atoms with E-state index in [4.69, 9.17) is 0 Å². The number of aryl methyl sites for hydroxylation is 1. The van der Waals surface area contributed by atoms with Gasteiger partial charge in [0.1, 0.15) is 4.88 Å². The average Bonchev–Trinajstić information content (AvgIpc) is 2.62. The number of nitrogens with zero attached hydrogens (tertiary/aromatic N) is 2. The van der Waals surface area contributed by atoms with Crippen LogP contribution in [0.1, 0.15) is 29.2 Å². The minimum atomic E-state index is -0.187. The Balaban J connectivity index is 2.92. The van der Waals surface area contributed by atoms with Crippen LogP contribution in [0, 0.1) is 6.92 Å². The Hall–Kier alpha value is -0.420. The molecule has 0 unspecified atom stereocenters. The lowest BCUT2D eigenvalue weighted by atomic mass is 10.1. The highest BCUT2D eigenvalue weighted by molar-refractivity contribution is 9.09. The highest BCUT2D eigenvalue weighted by atomic mass is 79.9. The van der Waals surface area contributed by atoms with Crippen molar-refractivity contribution in [3.05, 3.63) is 16.1 Å². The highest BCUT2D eigenvalue weighted by Gasteiger charge is 2.28. The van der Waals surface area contributed by atoms with Crippen molar-refractivity contribution in [2.24, 2.45) is 0 Å². The number of amides is 1. The number of aromatic nitrogens is 1. The molecule has 0 bridgehead atoms. The molecule has 0 aromatic carbocycles. The summed E-state index contributed by atoms with van der Waals surface area (Å²) in [5.74, 6) is 0.0412. The van der Waals surface area contributed by atoms with Gasteiger partial charge >= 0.3 is 0 Å². The molecule has 0 saturated heterocycles. The van der Waals surface area contributed by atoms with Gasteiger partial charge < -0.3 is 4.90 Å². The van der Waals surface area contributed by atoms with E-state index in [9.17, 15) is 4.79 Å². The van der Waals surface area contributed by atoms with Crippen molar-refractivity contribution >= 4 is 33.2 Å². The van der Waals surface area contributed by atoms with E-state index in [-0.39, 0.29) is 11.4 Å². The van der Waals surface area contributed by atoms with Crippen LogP contribution in [0.15, 0.2) is 5.51 Å². The second-order valence-corrected chi connectivity index (χ2v) is 5.49.